The molecule has 2 rings (SSSR count). The normalized spacial score (nSPS) is 10.3. The van der Waals surface area contributed by atoms with E-state index in [1.165, 1.54) is 12.1 Å². The van der Waals surface area contributed by atoms with Crippen molar-refractivity contribution in [2.24, 2.45) is 0 Å². The van der Waals surface area contributed by atoms with Gasteiger partial charge in [-0.15, -0.1) is 11.6 Å². The van der Waals surface area contributed by atoms with Crippen LogP contribution < -0.4 is 0 Å². The summed E-state index contributed by atoms with van der Waals surface area (Å²) in [4.78, 5) is 0. The van der Waals surface area contributed by atoms with Crippen LogP contribution in [0.3, 0.4) is 0 Å². The van der Waals surface area contributed by atoms with Crippen molar-refractivity contribution >= 4 is 11.6 Å². The van der Waals surface area contributed by atoms with Crippen LogP contribution in [0, 0.1) is 5.82 Å². The van der Waals surface area contributed by atoms with E-state index >= 15 is 0 Å². The zero-order valence-corrected chi connectivity index (χ0v) is 8.84. The summed E-state index contributed by atoms with van der Waals surface area (Å²) in [6.45, 7) is 0. The van der Waals surface area contributed by atoms with E-state index in [9.17, 15) is 4.39 Å². The predicted octanol–water partition coefficient (Wildman–Crippen LogP) is 4.23. The van der Waals surface area contributed by atoms with Gasteiger partial charge >= 0.3 is 0 Å². The molecule has 0 atom stereocenters. The van der Waals surface area contributed by atoms with Gasteiger partial charge in [-0.25, -0.2) is 4.39 Å². The first kappa shape index (κ1) is 10.2. The lowest BCUT2D eigenvalue weighted by molar-refractivity contribution is 0.626. The fourth-order valence-corrected chi connectivity index (χ4v) is 1.79. The van der Waals surface area contributed by atoms with Crippen molar-refractivity contribution in [1.29, 1.82) is 0 Å². The monoisotopic (exact) mass is 220 g/mol. The van der Waals surface area contributed by atoms with Gasteiger partial charge in [-0.3, -0.25) is 0 Å². The van der Waals surface area contributed by atoms with E-state index in [1.807, 2.05) is 30.3 Å². The van der Waals surface area contributed by atoms with Crippen LogP contribution in [0.1, 0.15) is 5.56 Å². The van der Waals surface area contributed by atoms with Crippen molar-refractivity contribution in [3.8, 4) is 11.1 Å². The molecule has 0 spiro atoms. The van der Waals surface area contributed by atoms with Crippen LogP contribution in [-0.2, 0) is 5.88 Å². The second kappa shape index (κ2) is 4.45. The van der Waals surface area contributed by atoms with E-state index in [2.05, 4.69) is 0 Å². The van der Waals surface area contributed by atoms with Crippen LogP contribution in [0.4, 0.5) is 4.39 Å². The van der Waals surface area contributed by atoms with Gasteiger partial charge in [0.05, 0.1) is 0 Å². The Hall–Kier alpha value is -1.34. The van der Waals surface area contributed by atoms with Gasteiger partial charge in [-0.2, -0.15) is 0 Å². The molecule has 76 valence electrons. The first-order chi connectivity index (χ1) is 7.31. The lowest BCUT2D eigenvalue weighted by Gasteiger charge is -2.07. The van der Waals surface area contributed by atoms with E-state index in [0.29, 0.717) is 5.88 Å². The molecule has 0 saturated carbocycles. The van der Waals surface area contributed by atoms with Gasteiger partial charge in [-0.1, -0.05) is 36.4 Å². The van der Waals surface area contributed by atoms with Crippen molar-refractivity contribution < 1.29 is 4.39 Å². The van der Waals surface area contributed by atoms with Crippen LogP contribution in [0.25, 0.3) is 11.1 Å². The maximum absolute atomic E-state index is 13.0. The van der Waals surface area contributed by atoms with Crippen molar-refractivity contribution in [3.05, 3.63) is 59.9 Å². The number of hydrogen-bond donors (Lipinski definition) is 0. The molecule has 0 unspecified atom stereocenters. The molecule has 2 aromatic rings. The Morgan fingerprint density at radius 2 is 1.73 bits per heavy atom. The summed E-state index contributed by atoms with van der Waals surface area (Å²) in [5, 5.41) is 0. The molecule has 0 bridgehead atoms. The zero-order valence-electron chi connectivity index (χ0n) is 8.08. The lowest BCUT2D eigenvalue weighted by Crippen LogP contribution is -1.87. The largest absolute Gasteiger partial charge is 0.207 e. The van der Waals surface area contributed by atoms with Crippen LogP contribution in [0.15, 0.2) is 48.5 Å². The number of alkyl halides is 1. The van der Waals surface area contributed by atoms with Crippen LogP contribution >= 0.6 is 11.6 Å². The standard InChI is InChI=1S/C13H10ClF/c14-9-11-8-12(15)6-7-13(11)10-4-2-1-3-5-10/h1-8H,9H2. The first-order valence-electron chi connectivity index (χ1n) is 4.71. The van der Waals surface area contributed by atoms with Crippen molar-refractivity contribution in [1.82, 2.24) is 0 Å². The minimum atomic E-state index is -0.245. The Balaban J connectivity index is 2.53. The highest BCUT2D eigenvalue weighted by molar-refractivity contribution is 6.17. The second-order valence-electron chi connectivity index (χ2n) is 3.30. The molecule has 0 N–H and O–H groups in total. The Labute approximate surface area is 93.3 Å². The number of rotatable bonds is 2. The van der Waals surface area contributed by atoms with Crippen molar-refractivity contribution in [2.75, 3.05) is 0 Å². The van der Waals surface area contributed by atoms with Gasteiger partial charge in [0.15, 0.2) is 0 Å². The zero-order chi connectivity index (χ0) is 10.7. The summed E-state index contributed by atoms with van der Waals surface area (Å²) in [7, 11) is 0. The second-order valence-corrected chi connectivity index (χ2v) is 3.57. The highest BCUT2D eigenvalue weighted by atomic mass is 35.5. The predicted molar refractivity (Wildman–Crippen MR) is 61.4 cm³/mol. The number of hydrogen-bond acceptors (Lipinski definition) is 0. The fourth-order valence-electron chi connectivity index (χ4n) is 1.57. The number of benzene rings is 2. The van der Waals surface area contributed by atoms with Gasteiger partial charge in [0.2, 0.25) is 0 Å². The third-order valence-electron chi connectivity index (χ3n) is 2.30. The summed E-state index contributed by atoms with van der Waals surface area (Å²) >= 11 is 5.79. The molecule has 0 aliphatic rings. The Bertz CT molecular complexity index is 451. The minimum absolute atomic E-state index is 0.245. The van der Waals surface area contributed by atoms with Crippen LogP contribution in [-0.4, -0.2) is 0 Å². The minimum Gasteiger partial charge on any atom is -0.207 e. The molecule has 2 aromatic carbocycles. The van der Waals surface area contributed by atoms with Gasteiger partial charge in [0, 0.05) is 5.88 Å². The molecule has 0 nitrogen and oxygen atoms in total. The summed E-state index contributed by atoms with van der Waals surface area (Å²) in [6.07, 6.45) is 0. The number of halogens is 2. The van der Waals surface area contributed by atoms with Gasteiger partial charge in [0.1, 0.15) is 5.82 Å². The Kier molecular flexibility index (Phi) is 3.02. The summed E-state index contributed by atoms with van der Waals surface area (Å²) in [6, 6.07) is 14.5. The smallest absolute Gasteiger partial charge is 0.123 e. The molecule has 0 amide bonds. The molecule has 0 aliphatic carbocycles. The van der Waals surface area contributed by atoms with Crippen molar-refractivity contribution in [2.45, 2.75) is 5.88 Å². The van der Waals surface area contributed by atoms with Crippen LogP contribution in [0.5, 0.6) is 0 Å². The van der Waals surface area contributed by atoms with Gasteiger partial charge in [0.25, 0.3) is 0 Å². The summed E-state index contributed by atoms with van der Waals surface area (Å²) in [5.74, 6) is 0.0764. The van der Waals surface area contributed by atoms with E-state index in [0.717, 1.165) is 16.7 Å². The maximum atomic E-state index is 13.0. The maximum Gasteiger partial charge on any atom is 0.123 e. The lowest BCUT2D eigenvalue weighted by atomic mass is 10.0. The average Bonchev–Trinajstić information content (AvgIpc) is 2.30. The average molecular weight is 221 g/mol. The molecule has 0 aliphatic heterocycles. The molecule has 0 radical (unpaired) electrons. The molecule has 0 fully saturated rings. The molecular weight excluding hydrogens is 211 g/mol. The quantitative estimate of drug-likeness (QED) is 0.665. The SMILES string of the molecule is Fc1ccc(-c2ccccc2)c(CCl)c1. The van der Waals surface area contributed by atoms with E-state index in [-0.39, 0.29) is 5.82 Å². The topological polar surface area (TPSA) is 0 Å². The highest BCUT2D eigenvalue weighted by Crippen LogP contribution is 2.25. The van der Waals surface area contributed by atoms with Gasteiger partial charge < -0.3 is 0 Å². The fraction of sp³-hybridized carbons (Fsp3) is 0.0769. The third-order valence-corrected chi connectivity index (χ3v) is 2.58. The summed E-state index contributed by atoms with van der Waals surface area (Å²) in [5.41, 5.74) is 2.88. The molecule has 0 saturated heterocycles. The summed E-state index contributed by atoms with van der Waals surface area (Å²) < 4.78 is 13.0. The van der Waals surface area contributed by atoms with E-state index < -0.39 is 0 Å². The molecule has 2 heteroatoms. The molecule has 0 aromatic heterocycles. The molecule has 15 heavy (non-hydrogen) atoms. The Morgan fingerprint density at radius 1 is 1.00 bits per heavy atom. The molecule has 0 heterocycles. The van der Waals surface area contributed by atoms with Gasteiger partial charge in [-0.05, 0) is 28.8 Å². The van der Waals surface area contributed by atoms with E-state index in [1.54, 1.807) is 6.07 Å². The Morgan fingerprint density at radius 3 is 2.40 bits per heavy atom. The molecular formula is C13H10ClF. The first-order valence-corrected chi connectivity index (χ1v) is 5.24. The third kappa shape index (κ3) is 2.18. The van der Waals surface area contributed by atoms with E-state index in [4.69, 9.17) is 11.6 Å². The van der Waals surface area contributed by atoms with Crippen molar-refractivity contribution in [3.63, 3.8) is 0 Å². The highest BCUT2D eigenvalue weighted by Gasteiger charge is 2.04. The van der Waals surface area contributed by atoms with Crippen LogP contribution in [0.2, 0.25) is 0 Å².